The topological polar surface area (TPSA) is 26.7 Å². The fourth-order valence-corrected chi connectivity index (χ4v) is 3.62. The maximum Gasteiger partial charge on any atom is 0.0446 e. The lowest BCUT2D eigenvalue weighted by molar-refractivity contribution is 0.0500. The molecule has 1 saturated heterocycles. The molecule has 0 spiro atoms. The molecular formula is C21H28N2O. The van der Waals surface area contributed by atoms with Crippen LogP contribution in [0.15, 0.2) is 54.6 Å². The number of aryl methyl sites for hydroxylation is 1. The number of hydrogen-bond donors (Lipinski definition) is 1. The normalized spacial score (nSPS) is 19.5. The van der Waals surface area contributed by atoms with Gasteiger partial charge < -0.3 is 5.11 Å². The molecule has 2 aromatic carbocycles. The molecule has 0 aromatic heterocycles. The molecule has 128 valence electrons. The number of benzene rings is 2. The lowest BCUT2D eigenvalue weighted by Gasteiger charge is -2.41. The van der Waals surface area contributed by atoms with Gasteiger partial charge in [0.2, 0.25) is 0 Å². The molecular weight excluding hydrogens is 296 g/mol. The highest BCUT2D eigenvalue weighted by atomic mass is 16.3. The third kappa shape index (κ3) is 4.67. The van der Waals surface area contributed by atoms with Crippen molar-refractivity contribution in [2.24, 2.45) is 0 Å². The zero-order valence-electron chi connectivity index (χ0n) is 14.6. The first-order valence-corrected chi connectivity index (χ1v) is 8.91. The molecule has 1 atom stereocenters. The number of aliphatic hydroxyl groups is 1. The molecule has 0 amide bonds. The van der Waals surface area contributed by atoms with Crippen LogP contribution in [0, 0.1) is 6.92 Å². The smallest absolute Gasteiger partial charge is 0.0446 e. The minimum atomic E-state index is 0.258. The fourth-order valence-electron chi connectivity index (χ4n) is 3.62. The van der Waals surface area contributed by atoms with Crippen LogP contribution in [-0.4, -0.2) is 47.2 Å². The molecule has 3 rings (SSSR count). The molecule has 1 aliphatic heterocycles. The Morgan fingerprint density at radius 3 is 2.50 bits per heavy atom. The van der Waals surface area contributed by atoms with E-state index in [0.29, 0.717) is 6.04 Å². The first kappa shape index (κ1) is 17.2. The second kappa shape index (κ2) is 8.43. The third-order valence-electron chi connectivity index (χ3n) is 4.87. The molecule has 1 N–H and O–H groups in total. The van der Waals surface area contributed by atoms with Crippen LogP contribution in [0.1, 0.15) is 23.1 Å². The van der Waals surface area contributed by atoms with E-state index in [2.05, 4.69) is 71.3 Å². The van der Waals surface area contributed by atoms with Crippen molar-refractivity contribution in [3.63, 3.8) is 0 Å². The van der Waals surface area contributed by atoms with Crippen LogP contribution >= 0.6 is 0 Å². The summed E-state index contributed by atoms with van der Waals surface area (Å²) in [6.07, 6.45) is 0.844. The average Bonchev–Trinajstić information content (AvgIpc) is 2.58. The second-order valence-corrected chi connectivity index (χ2v) is 6.85. The van der Waals surface area contributed by atoms with Gasteiger partial charge in [-0.3, -0.25) is 9.80 Å². The van der Waals surface area contributed by atoms with Crippen molar-refractivity contribution in [3.8, 4) is 0 Å². The molecule has 0 saturated carbocycles. The number of aliphatic hydroxyl groups excluding tert-OH is 1. The Hall–Kier alpha value is -1.68. The second-order valence-electron chi connectivity index (χ2n) is 6.85. The van der Waals surface area contributed by atoms with Crippen LogP contribution in [0.2, 0.25) is 0 Å². The van der Waals surface area contributed by atoms with E-state index in [0.717, 1.165) is 39.1 Å². The molecule has 1 aliphatic rings. The van der Waals surface area contributed by atoms with Crippen molar-refractivity contribution >= 4 is 0 Å². The van der Waals surface area contributed by atoms with E-state index in [-0.39, 0.29) is 6.61 Å². The van der Waals surface area contributed by atoms with Gasteiger partial charge in [0, 0.05) is 45.4 Å². The number of nitrogens with zero attached hydrogens (tertiary/aromatic N) is 2. The van der Waals surface area contributed by atoms with Crippen LogP contribution in [0.5, 0.6) is 0 Å². The summed E-state index contributed by atoms with van der Waals surface area (Å²) in [7, 11) is 0. The molecule has 1 fully saturated rings. The lowest BCUT2D eigenvalue weighted by atomic mass is 10.1. The number of piperazine rings is 1. The van der Waals surface area contributed by atoms with Crippen molar-refractivity contribution in [2.45, 2.75) is 32.5 Å². The summed E-state index contributed by atoms with van der Waals surface area (Å²) in [5, 5.41) is 9.47. The maximum atomic E-state index is 9.47. The Labute approximate surface area is 145 Å². The van der Waals surface area contributed by atoms with E-state index in [1.807, 2.05) is 0 Å². The molecule has 0 radical (unpaired) electrons. The van der Waals surface area contributed by atoms with Gasteiger partial charge in [0.15, 0.2) is 0 Å². The Balaban J connectivity index is 1.62. The van der Waals surface area contributed by atoms with Gasteiger partial charge in [-0.1, -0.05) is 60.2 Å². The molecule has 24 heavy (non-hydrogen) atoms. The summed E-state index contributed by atoms with van der Waals surface area (Å²) in [5.41, 5.74) is 4.06. The first-order chi connectivity index (χ1) is 11.7. The van der Waals surface area contributed by atoms with Crippen LogP contribution in [0.25, 0.3) is 0 Å². The highest BCUT2D eigenvalue weighted by molar-refractivity contribution is 5.22. The molecule has 2 aromatic rings. The van der Waals surface area contributed by atoms with Crippen LogP contribution < -0.4 is 0 Å². The van der Waals surface area contributed by atoms with Gasteiger partial charge in [-0.2, -0.15) is 0 Å². The zero-order chi connectivity index (χ0) is 16.8. The maximum absolute atomic E-state index is 9.47. The van der Waals surface area contributed by atoms with E-state index >= 15 is 0 Å². The van der Waals surface area contributed by atoms with Crippen molar-refractivity contribution in [3.05, 3.63) is 71.3 Å². The van der Waals surface area contributed by atoms with Crippen LogP contribution in [0.4, 0.5) is 0 Å². The monoisotopic (exact) mass is 324 g/mol. The molecule has 1 unspecified atom stereocenters. The lowest BCUT2D eigenvalue weighted by Crippen LogP contribution is -2.52. The van der Waals surface area contributed by atoms with E-state index in [4.69, 9.17) is 0 Å². The number of hydrogen-bond acceptors (Lipinski definition) is 3. The summed E-state index contributed by atoms with van der Waals surface area (Å²) in [5.74, 6) is 0. The summed E-state index contributed by atoms with van der Waals surface area (Å²) in [6.45, 7) is 7.56. The van der Waals surface area contributed by atoms with Gasteiger partial charge in [-0.05, 0) is 24.5 Å². The van der Waals surface area contributed by atoms with Gasteiger partial charge in [0.05, 0.1) is 0 Å². The molecule has 3 nitrogen and oxygen atoms in total. The third-order valence-corrected chi connectivity index (χ3v) is 4.87. The van der Waals surface area contributed by atoms with Gasteiger partial charge in [-0.15, -0.1) is 0 Å². The summed E-state index contributed by atoms with van der Waals surface area (Å²) in [4.78, 5) is 5.05. The van der Waals surface area contributed by atoms with Crippen molar-refractivity contribution in [1.82, 2.24) is 9.80 Å². The predicted octanol–water partition coefficient (Wildman–Crippen LogP) is 3.06. The van der Waals surface area contributed by atoms with Crippen molar-refractivity contribution in [1.29, 1.82) is 0 Å². The minimum absolute atomic E-state index is 0.258. The fraction of sp³-hybridized carbons (Fsp3) is 0.429. The van der Waals surface area contributed by atoms with Gasteiger partial charge in [0.1, 0.15) is 0 Å². The Kier molecular flexibility index (Phi) is 6.02. The minimum Gasteiger partial charge on any atom is -0.396 e. The quantitative estimate of drug-likeness (QED) is 0.885. The summed E-state index contributed by atoms with van der Waals surface area (Å²) < 4.78 is 0. The zero-order valence-corrected chi connectivity index (χ0v) is 14.6. The standard InChI is InChI=1S/C21H28N2O/c1-18-6-5-9-20(14-18)15-22-11-12-23(21(17-22)10-13-24)16-19-7-3-2-4-8-19/h2-9,14,21,24H,10-13,15-17H2,1H3. The molecule has 0 bridgehead atoms. The highest BCUT2D eigenvalue weighted by Gasteiger charge is 2.26. The largest absolute Gasteiger partial charge is 0.396 e. The van der Waals surface area contributed by atoms with Crippen molar-refractivity contribution in [2.75, 3.05) is 26.2 Å². The van der Waals surface area contributed by atoms with Crippen molar-refractivity contribution < 1.29 is 5.11 Å². The van der Waals surface area contributed by atoms with E-state index < -0.39 is 0 Å². The molecule has 3 heteroatoms. The molecule has 0 aliphatic carbocycles. The molecule has 1 heterocycles. The Morgan fingerprint density at radius 1 is 0.958 bits per heavy atom. The van der Waals surface area contributed by atoms with Gasteiger partial charge in [-0.25, -0.2) is 0 Å². The van der Waals surface area contributed by atoms with Crippen LogP contribution in [-0.2, 0) is 13.1 Å². The van der Waals surface area contributed by atoms with E-state index in [1.54, 1.807) is 0 Å². The summed E-state index contributed by atoms with van der Waals surface area (Å²) in [6, 6.07) is 19.8. The van der Waals surface area contributed by atoms with E-state index in [9.17, 15) is 5.11 Å². The summed E-state index contributed by atoms with van der Waals surface area (Å²) >= 11 is 0. The SMILES string of the molecule is Cc1cccc(CN2CCN(Cc3ccccc3)C(CCO)C2)c1. The Morgan fingerprint density at radius 2 is 1.75 bits per heavy atom. The van der Waals surface area contributed by atoms with Gasteiger partial charge >= 0.3 is 0 Å². The predicted molar refractivity (Wildman–Crippen MR) is 98.8 cm³/mol. The van der Waals surface area contributed by atoms with E-state index in [1.165, 1.54) is 16.7 Å². The van der Waals surface area contributed by atoms with Gasteiger partial charge in [0.25, 0.3) is 0 Å². The highest BCUT2D eigenvalue weighted by Crippen LogP contribution is 2.18. The average molecular weight is 324 g/mol. The first-order valence-electron chi connectivity index (χ1n) is 8.91. The van der Waals surface area contributed by atoms with Crippen LogP contribution in [0.3, 0.4) is 0 Å². The number of rotatable bonds is 6. The Bertz CT molecular complexity index is 629.